The Morgan fingerprint density at radius 2 is 2.15 bits per heavy atom. The summed E-state index contributed by atoms with van der Waals surface area (Å²) in [5, 5.41) is 13.8. The monoisotopic (exact) mass is 372 g/mol. The molecule has 1 fully saturated rings. The molecule has 0 aliphatic carbocycles. The lowest BCUT2D eigenvalue weighted by Crippen LogP contribution is -2.28. The second kappa shape index (κ2) is 7.48. The van der Waals surface area contributed by atoms with Crippen LogP contribution in [0.25, 0.3) is 0 Å². The largest absolute Gasteiger partial charge is 0.336 e. The van der Waals surface area contributed by atoms with E-state index in [2.05, 4.69) is 10.3 Å². The number of hydrogen-bond acceptors (Lipinski definition) is 5. The molecule has 1 aromatic heterocycles. The zero-order valence-electron chi connectivity index (χ0n) is 14.5. The molecule has 1 atom stereocenters. The Balaban J connectivity index is 1.97. The molecule has 0 bridgehead atoms. The van der Waals surface area contributed by atoms with Gasteiger partial charge in [-0.05, 0) is 25.0 Å². The molecule has 1 aromatic carbocycles. The number of halogens is 1. The summed E-state index contributed by atoms with van der Waals surface area (Å²) in [4.78, 5) is 40.1. The highest BCUT2D eigenvalue weighted by Gasteiger charge is 2.32. The van der Waals surface area contributed by atoms with Gasteiger partial charge < -0.3 is 10.2 Å². The van der Waals surface area contributed by atoms with Crippen molar-refractivity contribution in [1.82, 2.24) is 9.88 Å². The number of pyridine rings is 1. The van der Waals surface area contributed by atoms with Crippen LogP contribution in [0.15, 0.2) is 36.5 Å². The lowest BCUT2D eigenvalue weighted by molar-refractivity contribution is -0.384. The van der Waals surface area contributed by atoms with Crippen LogP contribution >= 0.6 is 0 Å². The first-order chi connectivity index (χ1) is 12.9. The van der Waals surface area contributed by atoms with Crippen molar-refractivity contribution in [3.8, 4) is 0 Å². The number of nitrogens with one attached hydrogen (secondary N) is 1. The summed E-state index contributed by atoms with van der Waals surface area (Å²) in [5.74, 6) is -1.61. The Bertz CT molecular complexity index is 904. The highest BCUT2D eigenvalue weighted by Crippen LogP contribution is 2.38. The zero-order valence-corrected chi connectivity index (χ0v) is 14.5. The van der Waals surface area contributed by atoms with Crippen LogP contribution in [0.5, 0.6) is 0 Å². The van der Waals surface area contributed by atoms with Gasteiger partial charge in [0, 0.05) is 37.4 Å². The minimum atomic E-state index is -0.713. The Morgan fingerprint density at radius 1 is 1.37 bits per heavy atom. The van der Waals surface area contributed by atoms with Crippen LogP contribution in [0, 0.1) is 15.9 Å². The van der Waals surface area contributed by atoms with Gasteiger partial charge in [-0.15, -0.1) is 0 Å². The molecule has 2 heterocycles. The number of nitrogens with zero attached hydrogens (tertiary/aromatic N) is 3. The van der Waals surface area contributed by atoms with Gasteiger partial charge >= 0.3 is 0 Å². The summed E-state index contributed by atoms with van der Waals surface area (Å²) >= 11 is 0. The van der Waals surface area contributed by atoms with Crippen LogP contribution in [-0.2, 0) is 4.79 Å². The number of aromatic nitrogens is 1. The molecule has 140 valence electrons. The van der Waals surface area contributed by atoms with Gasteiger partial charge in [-0.3, -0.25) is 24.7 Å². The molecule has 9 heteroatoms. The van der Waals surface area contributed by atoms with E-state index in [4.69, 9.17) is 0 Å². The topological polar surface area (TPSA) is 105 Å². The van der Waals surface area contributed by atoms with Gasteiger partial charge in [0.2, 0.25) is 5.91 Å². The van der Waals surface area contributed by atoms with Crippen molar-refractivity contribution >= 4 is 23.2 Å². The third-order valence-corrected chi connectivity index (χ3v) is 4.47. The van der Waals surface area contributed by atoms with Crippen molar-refractivity contribution in [1.29, 1.82) is 0 Å². The van der Waals surface area contributed by atoms with Crippen LogP contribution in [-0.4, -0.2) is 33.2 Å². The molecule has 0 spiro atoms. The summed E-state index contributed by atoms with van der Waals surface area (Å²) in [5.41, 5.74) is -0.574. The fraction of sp³-hybridized carbons (Fsp3) is 0.278. The molecular formula is C18H17FN4O4. The second-order valence-corrected chi connectivity index (χ2v) is 6.19. The molecule has 2 amide bonds. The normalized spacial score (nSPS) is 16.2. The van der Waals surface area contributed by atoms with Crippen molar-refractivity contribution in [2.24, 2.45) is 0 Å². The fourth-order valence-electron chi connectivity index (χ4n) is 3.23. The first kappa shape index (κ1) is 18.4. The smallest absolute Gasteiger partial charge is 0.293 e. The predicted octanol–water partition coefficient (Wildman–Crippen LogP) is 3.06. The van der Waals surface area contributed by atoms with Crippen molar-refractivity contribution in [2.75, 3.05) is 11.9 Å². The fourth-order valence-corrected chi connectivity index (χ4v) is 3.23. The molecule has 0 saturated carbocycles. The van der Waals surface area contributed by atoms with E-state index in [1.54, 1.807) is 12.1 Å². The molecule has 1 saturated heterocycles. The van der Waals surface area contributed by atoms with Crippen molar-refractivity contribution < 1.29 is 18.9 Å². The molecule has 2 aromatic rings. The highest BCUT2D eigenvalue weighted by molar-refractivity contribution is 6.04. The summed E-state index contributed by atoms with van der Waals surface area (Å²) in [7, 11) is 0. The summed E-state index contributed by atoms with van der Waals surface area (Å²) in [6.45, 7) is 1.86. The Morgan fingerprint density at radius 3 is 2.78 bits per heavy atom. The van der Waals surface area contributed by atoms with Gasteiger partial charge in [-0.2, -0.15) is 0 Å². The maximum absolute atomic E-state index is 14.7. The van der Waals surface area contributed by atoms with Crippen LogP contribution in [0.1, 0.15) is 41.9 Å². The van der Waals surface area contributed by atoms with E-state index in [1.165, 1.54) is 24.1 Å². The number of amides is 2. The molecular weight excluding hydrogens is 355 g/mol. The Labute approximate surface area is 154 Å². The SMILES string of the molecule is CC(=O)N1CCC[C@@H]1c1cc([N+](=O)[O-])c(NC(=O)c2ccccn2)cc1F. The lowest BCUT2D eigenvalue weighted by atomic mass is 10.0. The average molecular weight is 372 g/mol. The first-order valence-electron chi connectivity index (χ1n) is 8.36. The van der Waals surface area contributed by atoms with Gasteiger partial charge in [-0.1, -0.05) is 6.07 Å². The van der Waals surface area contributed by atoms with Gasteiger partial charge in [0.25, 0.3) is 11.6 Å². The quantitative estimate of drug-likeness (QED) is 0.656. The highest BCUT2D eigenvalue weighted by atomic mass is 19.1. The molecule has 3 rings (SSSR count). The van der Waals surface area contributed by atoms with E-state index in [9.17, 15) is 24.1 Å². The summed E-state index contributed by atoms with van der Waals surface area (Å²) < 4.78 is 14.7. The summed E-state index contributed by atoms with van der Waals surface area (Å²) in [6.07, 6.45) is 2.62. The number of nitro groups is 1. The number of likely N-dealkylation sites (tertiary alicyclic amines) is 1. The predicted molar refractivity (Wildman–Crippen MR) is 94.6 cm³/mol. The lowest BCUT2D eigenvalue weighted by Gasteiger charge is -2.24. The number of nitro benzene ring substituents is 1. The van der Waals surface area contributed by atoms with Crippen LogP contribution in [0.2, 0.25) is 0 Å². The number of hydrogen-bond donors (Lipinski definition) is 1. The van der Waals surface area contributed by atoms with Crippen molar-refractivity contribution in [2.45, 2.75) is 25.8 Å². The number of carbonyl (C=O) groups excluding carboxylic acids is 2. The maximum Gasteiger partial charge on any atom is 0.293 e. The van der Waals surface area contributed by atoms with E-state index < -0.39 is 28.4 Å². The van der Waals surface area contributed by atoms with Gasteiger partial charge in [-0.25, -0.2) is 4.39 Å². The average Bonchev–Trinajstić information content (AvgIpc) is 3.12. The Hall–Kier alpha value is -3.36. The minimum absolute atomic E-state index is 0.0508. The van der Waals surface area contributed by atoms with Crippen LogP contribution < -0.4 is 5.32 Å². The number of anilines is 1. The van der Waals surface area contributed by atoms with E-state index in [-0.39, 0.29) is 22.9 Å². The van der Waals surface area contributed by atoms with Crippen LogP contribution in [0.4, 0.5) is 15.8 Å². The molecule has 0 unspecified atom stereocenters. The third kappa shape index (κ3) is 3.76. The molecule has 27 heavy (non-hydrogen) atoms. The van der Waals surface area contributed by atoms with Gasteiger partial charge in [0.05, 0.1) is 11.0 Å². The Kier molecular flexibility index (Phi) is 5.11. The number of carbonyl (C=O) groups is 2. The molecule has 1 aliphatic heterocycles. The summed E-state index contributed by atoms with van der Waals surface area (Å²) in [6, 6.07) is 6.11. The number of benzene rings is 1. The first-order valence-corrected chi connectivity index (χ1v) is 8.36. The molecule has 1 N–H and O–H groups in total. The van der Waals surface area contributed by atoms with E-state index >= 15 is 0 Å². The van der Waals surface area contributed by atoms with Crippen molar-refractivity contribution in [3.63, 3.8) is 0 Å². The van der Waals surface area contributed by atoms with Crippen LogP contribution in [0.3, 0.4) is 0 Å². The zero-order chi connectivity index (χ0) is 19.6. The van der Waals surface area contributed by atoms with E-state index in [1.807, 2.05) is 0 Å². The number of rotatable bonds is 4. The van der Waals surface area contributed by atoms with Gasteiger partial charge in [0.15, 0.2) is 0 Å². The maximum atomic E-state index is 14.7. The minimum Gasteiger partial charge on any atom is -0.336 e. The molecule has 8 nitrogen and oxygen atoms in total. The third-order valence-electron chi connectivity index (χ3n) is 4.47. The van der Waals surface area contributed by atoms with Gasteiger partial charge in [0.1, 0.15) is 17.2 Å². The second-order valence-electron chi connectivity index (χ2n) is 6.19. The van der Waals surface area contributed by atoms with E-state index in [0.717, 1.165) is 12.1 Å². The standard InChI is InChI=1S/C18H17FN4O4/c1-11(24)22-8-4-6-16(22)12-9-17(23(26)27)15(10-13(12)19)21-18(25)14-5-2-3-7-20-14/h2-3,5,7,9-10,16H,4,6,8H2,1H3,(H,21,25)/t16-/m1/s1. The molecule has 0 radical (unpaired) electrons. The molecule has 1 aliphatic rings. The van der Waals surface area contributed by atoms with Crippen molar-refractivity contribution in [3.05, 3.63) is 63.7 Å². The van der Waals surface area contributed by atoms with E-state index in [0.29, 0.717) is 19.4 Å².